The SMILES string of the molecule is CNC1CCCN(C(C)c2ccc3ccccc3c2O)C1. The van der Waals surface area contributed by atoms with Crippen molar-refractivity contribution in [1.82, 2.24) is 10.2 Å². The average Bonchev–Trinajstić information content (AvgIpc) is 2.55. The van der Waals surface area contributed by atoms with Crippen LogP contribution >= 0.6 is 0 Å². The van der Waals surface area contributed by atoms with Crippen molar-refractivity contribution in [1.29, 1.82) is 0 Å². The smallest absolute Gasteiger partial charge is 0.128 e. The van der Waals surface area contributed by atoms with Gasteiger partial charge in [-0.1, -0.05) is 36.4 Å². The summed E-state index contributed by atoms with van der Waals surface area (Å²) in [5.74, 6) is 0.437. The molecule has 0 amide bonds. The van der Waals surface area contributed by atoms with E-state index in [4.69, 9.17) is 0 Å². The summed E-state index contributed by atoms with van der Waals surface area (Å²) < 4.78 is 0. The molecule has 0 radical (unpaired) electrons. The summed E-state index contributed by atoms with van der Waals surface area (Å²) in [7, 11) is 2.03. The van der Waals surface area contributed by atoms with Crippen LogP contribution in [-0.2, 0) is 0 Å². The van der Waals surface area contributed by atoms with Gasteiger partial charge in [0.15, 0.2) is 0 Å². The van der Waals surface area contributed by atoms with Crippen molar-refractivity contribution in [2.75, 3.05) is 20.1 Å². The van der Waals surface area contributed by atoms with E-state index in [1.165, 1.54) is 12.8 Å². The highest BCUT2D eigenvalue weighted by molar-refractivity contribution is 5.89. The van der Waals surface area contributed by atoms with Crippen LogP contribution in [0, 0.1) is 0 Å². The van der Waals surface area contributed by atoms with Crippen LogP contribution in [-0.4, -0.2) is 36.2 Å². The summed E-state index contributed by atoms with van der Waals surface area (Å²) in [5, 5.41) is 16.1. The Morgan fingerprint density at radius 2 is 2.05 bits per heavy atom. The predicted molar refractivity (Wildman–Crippen MR) is 87.7 cm³/mol. The minimum atomic E-state index is 0.241. The quantitative estimate of drug-likeness (QED) is 0.908. The lowest BCUT2D eigenvalue weighted by atomic mass is 9.97. The van der Waals surface area contributed by atoms with E-state index < -0.39 is 0 Å². The van der Waals surface area contributed by atoms with E-state index in [1.807, 2.05) is 31.3 Å². The number of hydrogen-bond acceptors (Lipinski definition) is 3. The topological polar surface area (TPSA) is 35.5 Å². The molecule has 0 bridgehead atoms. The Morgan fingerprint density at radius 3 is 2.86 bits per heavy atom. The normalized spacial score (nSPS) is 21.5. The van der Waals surface area contributed by atoms with E-state index in [0.29, 0.717) is 11.8 Å². The van der Waals surface area contributed by atoms with E-state index in [1.54, 1.807) is 0 Å². The number of nitrogens with one attached hydrogen (secondary N) is 1. The van der Waals surface area contributed by atoms with Crippen molar-refractivity contribution in [3.8, 4) is 5.75 Å². The second kappa shape index (κ2) is 6.04. The Bertz CT molecular complexity index is 626. The van der Waals surface area contributed by atoms with E-state index in [0.717, 1.165) is 29.4 Å². The zero-order valence-electron chi connectivity index (χ0n) is 12.8. The molecule has 0 aliphatic carbocycles. The van der Waals surface area contributed by atoms with Crippen LogP contribution in [0.4, 0.5) is 0 Å². The van der Waals surface area contributed by atoms with Crippen LogP contribution in [0.2, 0.25) is 0 Å². The fourth-order valence-corrected chi connectivity index (χ4v) is 3.40. The number of benzene rings is 2. The Labute approximate surface area is 126 Å². The highest BCUT2D eigenvalue weighted by Crippen LogP contribution is 2.35. The number of aromatic hydroxyl groups is 1. The highest BCUT2D eigenvalue weighted by Gasteiger charge is 2.25. The van der Waals surface area contributed by atoms with Gasteiger partial charge < -0.3 is 10.4 Å². The molecule has 1 aliphatic rings. The molecule has 2 atom stereocenters. The molecule has 3 rings (SSSR count). The van der Waals surface area contributed by atoms with Crippen LogP contribution in [0.3, 0.4) is 0 Å². The fraction of sp³-hybridized carbons (Fsp3) is 0.444. The molecule has 0 aromatic heterocycles. The molecule has 2 N–H and O–H groups in total. The van der Waals surface area contributed by atoms with E-state index in [2.05, 4.69) is 29.3 Å². The maximum atomic E-state index is 10.6. The molecule has 21 heavy (non-hydrogen) atoms. The molecule has 0 spiro atoms. The second-order valence-electron chi connectivity index (χ2n) is 6.02. The van der Waals surface area contributed by atoms with E-state index >= 15 is 0 Å². The zero-order chi connectivity index (χ0) is 14.8. The summed E-state index contributed by atoms with van der Waals surface area (Å²) in [6.45, 7) is 4.34. The zero-order valence-corrected chi connectivity index (χ0v) is 12.8. The van der Waals surface area contributed by atoms with Gasteiger partial charge in [0.25, 0.3) is 0 Å². The van der Waals surface area contributed by atoms with Crippen LogP contribution < -0.4 is 5.32 Å². The summed E-state index contributed by atoms with van der Waals surface area (Å²) in [6.07, 6.45) is 2.45. The van der Waals surface area contributed by atoms with Crippen LogP contribution in [0.5, 0.6) is 5.75 Å². The number of rotatable bonds is 3. The minimum Gasteiger partial charge on any atom is -0.507 e. The third-order valence-electron chi connectivity index (χ3n) is 4.79. The lowest BCUT2D eigenvalue weighted by molar-refractivity contribution is 0.147. The van der Waals surface area contributed by atoms with E-state index in [-0.39, 0.29) is 6.04 Å². The molecule has 3 nitrogen and oxygen atoms in total. The Morgan fingerprint density at radius 1 is 1.24 bits per heavy atom. The number of likely N-dealkylation sites (tertiary alicyclic amines) is 1. The molecule has 1 aliphatic heterocycles. The van der Waals surface area contributed by atoms with Gasteiger partial charge in [-0.2, -0.15) is 0 Å². The van der Waals surface area contributed by atoms with Crippen LogP contribution in [0.15, 0.2) is 36.4 Å². The number of nitrogens with zero attached hydrogens (tertiary/aromatic N) is 1. The van der Waals surface area contributed by atoms with Gasteiger partial charge in [0.2, 0.25) is 0 Å². The molecule has 3 heteroatoms. The molecule has 112 valence electrons. The third-order valence-corrected chi connectivity index (χ3v) is 4.79. The fourth-order valence-electron chi connectivity index (χ4n) is 3.40. The number of piperidine rings is 1. The lowest BCUT2D eigenvalue weighted by Crippen LogP contribution is -2.45. The van der Waals surface area contributed by atoms with Gasteiger partial charge >= 0.3 is 0 Å². The van der Waals surface area contributed by atoms with Crippen molar-refractivity contribution < 1.29 is 5.11 Å². The second-order valence-corrected chi connectivity index (χ2v) is 6.02. The average molecular weight is 284 g/mol. The van der Waals surface area contributed by atoms with E-state index in [9.17, 15) is 5.11 Å². The summed E-state index contributed by atoms with van der Waals surface area (Å²) in [5.41, 5.74) is 1.03. The molecular formula is C18H24N2O. The van der Waals surface area contributed by atoms with Crippen molar-refractivity contribution >= 4 is 10.8 Å². The van der Waals surface area contributed by atoms with Crippen molar-refractivity contribution in [3.63, 3.8) is 0 Å². The summed E-state index contributed by atoms with van der Waals surface area (Å²) in [4.78, 5) is 2.47. The number of phenolic OH excluding ortho intramolecular Hbond substituents is 1. The lowest BCUT2D eigenvalue weighted by Gasteiger charge is -2.37. The molecule has 2 aromatic rings. The highest BCUT2D eigenvalue weighted by atomic mass is 16.3. The first-order valence-corrected chi connectivity index (χ1v) is 7.82. The van der Waals surface area contributed by atoms with Crippen molar-refractivity contribution in [2.24, 2.45) is 0 Å². The van der Waals surface area contributed by atoms with Gasteiger partial charge in [-0.3, -0.25) is 4.90 Å². The molecule has 2 aromatic carbocycles. The van der Waals surface area contributed by atoms with Crippen LogP contribution in [0.1, 0.15) is 31.4 Å². The number of phenols is 1. The maximum Gasteiger partial charge on any atom is 0.128 e. The number of likely N-dealkylation sites (N-methyl/N-ethyl adjacent to an activating group) is 1. The molecule has 2 unspecified atom stereocenters. The van der Waals surface area contributed by atoms with Gasteiger partial charge in [0, 0.05) is 29.6 Å². The molecule has 1 heterocycles. The summed E-state index contributed by atoms with van der Waals surface area (Å²) in [6, 6.07) is 13.0. The van der Waals surface area contributed by atoms with Gasteiger partial charge in [-0.25, -0.2) is 0 Å². The maximum absolute atomic E-state index is 10.6. The van der Waals surface area contributed by atoms with Crippen molar-refractivity contribution in [2.45, 2.75) is 31.8 Å². The van der Waals surface area contributed by atoms with Gasteiger partial charge in [0.05, 0.1) is 0 Å². The first-order valence-electron chi connectivity index (χ1n) is 7.82. The number of hydrogen-bond donors (Lipinski definition) is 2. The first kappa shape index (κ1) is 14.4. The van der Waals surface area contributed by atoms with Gasteiger partial charge in [-0.15, -0.1) is 0 Å². The predicted octanol–water partition coefficient (Wildman–Crippen LogP) is 3.29. The van der Waals surface area contributed by atoms with Crippen molar-refractivity contribution in [3.05, 3.63) is 42.0 Å². The first-order chi connectivity index (χ1) is 10.2. The molecule has 0 saturated carbocycles. The Kier molecular flexibility index (Phi) is 4.13. The standard InChI is InChI=1S/C18H24N2O/c1-13(20-11-5-7-15(12-20)19-2)16-10-9-14-6-3-4-8-17(14)18(16)21/h3-4,6,8-10,13,15,19,21H,5,7,11-12H2,1-2H3. The molecular weight excluding hydrogens is 260 g/mol. The number of fused-ring (bicyclic) bond motifs is 1. The van der Waals surface area contributed by atoms with Crippen LogP contribution in [0.25, 0.3) is 10.8 Å². The monoisotopic (exact) mass is 284 g/mol. The Balaban J connectivity index is 1.90. The minimum absolute atomic E-state index is 0.241. The van der Waals surface area contributed by atoms with Gasteiger partial charge in [-0.05, 0) is 38.7 Å². The molecule has 1 fully saturated rings. The van der Waals surface area contributed by atoms with Gasteiger partial charge in [0.1, 0.15) is 5.75 Å². The third kappa shape index (κ3) is 2.76. The Hall–Kier alpha value is -1.58. The largest absolute Gasteiger partial charge is 0.507 e. The molecule has 1 saturated heterocycles. The summed E-state index contributed by atoms with van der Waals surface area (Å²) >= 11 is 0.